The second-order valence-corrected chi connectivity index (χ2v) is 5.31. The van der Waals surface area contributed by atoms with Gasteiger partial charge in [-0.2, -0.15) is 0 Å². The Morgan fingerprint density at radius 2 is 1.75 bits per heavy atom. The first-order valence-corrected chi connectivity index (χ1v) is 7.08. The van der Waals surface area contributed by atoms with Gasteiger partial charge in [-0.25, -0.2) is 14.4 Å². The second kappa shape index (κ2) is 6.57. The van der Waals surface area contributed by atoms with Crippen molar-refractivity contribution in [1.29, 1.82) is 0 Å². The van der Waals surface area contributed by atoms with Crippen LogP contribution in [0, 0.1) is 5.82 Å². The maximum atomic E-state index is 13.1. The van der Waals surface area contributed by atoms with Gasteiger partial charge in [-0.15, -0.1) is 0 Å². The minimum atomic E-state index is -0.502. The fourth-order valence-electron chi connectivity index (χ4n) is 1.65. The van der Waals surface area contributed by atoms with Gasteiger partial charge in [0, 0.05) is 12.5 Å². The molecule has 0 saturated carbocycles. The summed E-state index contributed by atoms with van der Waals surface area (Å²) >= 11 is 17.9. The molecule has 0 aliphatic carbocycles. The third-order valence-corrected chi connectivity index (χ3v) is 3.26. The number of anilines is 2. The van der Waals surface area contributed by atoms with E-state index in [0.717, 1.165) is 6.42 Å². The maximum Gasteiger partial charge on any atom is 0.135 e. The number of hydrogen-bond acceptors (Lipinski definition) is 3. The van der Waals surface area contributed by atoms with Crippen LogP contribution in [0.1, 0.15) is 19.2 Å². The Morgan fingerprint density at radius 3 is 2.35 bits per heavy atom. The zero-order valence-corrected chi connectivity index (χ0v) is 12.8. The van der Waals surface area contributed by atoms with Crippen LogP contribution in [-0.2, 0) is 6.42 Å². The van der Waals surface area contributed by atoms with Crippen molar-refractivity contribution in [2.45, 2.75) is 19.8 Å². The SMILES string of the molecule is CCCc1nc(Cl)cc(Nc2c(Cl)cc(F)cc2Cl)n1. The van der Waals surface area contributed by atoms with Crippen molar-refractivity contribution >= 4 is 46.3 Å². The second-order valence-electron chi connectivity index (χ2n) is 4.11. The molecule has 0 aliphatic heterocycles. The average Bonchev–Trinajstić information content (AvgIpc) is 2.33. The molecular formula is C13H11Cl3FN3. The Morgan fingerprint density at radius 1 is 1.10 bits per heavy atom. The van der Waals surface area contributed by atoms with E-state index in [1.165, 1.54) is 12.1 Å². The number of nitrogens with one attached hydrogen (secondary N) is 1. The van der Waals surface area contributed by atoms with Crippen LogP contribution in [0.2, 0.25) is 15.2 Å². The highest BCUT2D eigenvalue weighted by atomic mass is 35.5. The standard InChI is InChI=1S/C13H11Cl3FN3/c1-2-3-11-18-10(16)6-12(19-11)20-13-8(14)4-7(17)5-9(13)15/h4-6H,2-3H2,1H3,(H,18,19,20). The van der Waals surface area contributed by atoms with Gasteiger partial charge in [-0.3, -0.25) is 0 Å². The van der Waals surface area contributed by atoms with E-state index in [1.807, 2.05) is 6.92 Å². The van der Waals surface area contributed by atoms with Gasteiger partial charge in [0.2, 0.25) is 0 Å². The number of benzene rings is 1. The van der Waals surface area contributed by atoms with E-state index >= 15 is 0 Å². The van der Waals surface area contributed by atoms with Crippen LogP contribution in [0.25, 0.3) is 0 Å². The van der Waals surface area contributed by atoms with Crippen molar-refractivity contribution in [3.05, 3.63) is 45.0 Å². The Kier molecular flexibility index (Phi) is 5.02. The summed E-state index contributed by atoms with van der Waals surface area (Å²) in [5, 5.41) is 3.60. The summed E-state index contributed by atoms with van der Waals surface area (Å²) in [6, 6.07) is 3.90. The molecule has 2 rings (SSSR count). The molecule has 3 nitrogen and oxygen atoms in total. The van der Waals surface area contributed by atoms with E-state index in [0.29, 0.717) is 28.9 Å². The normalized spacial score (nSPS) is 10.7. The van der Waals surface area contributed by atoms with Crippen LogP contribution in [0.15, 0.2) is 18.2 Å². The highest BCUT2D eigenvalue weighted by Crippen LogP contribution is 2.33. The molecule has 1 N–H and O–H groups in total. The van der Waals surface area contributed by atoms with Gasteiger partial charge >= 0.3 is 0 Å². The third kappa shape index (κ3) is 3.72. The molecule has 20 heavy (non-hydrogen) atoms. The maximum absolute atomic E-state index is 13.1. The van der Waals surface area contributed by atoms with E-state index in [9.17, 15) is 4.39 Å². The largest absolute Gasteiger partial charge is 0.338 e. The quantitative estimate of drug-likeness (QED) is 0.774. The first-order valence-electron chi connectivity index (χ1n) is 5.94. The molecule has 0 radical (unpaired) electrons. The zero-order chi connectivity index (χ0) is 14.7. The van der Waals surface area contributed by atoms with Crippen LogP contribution in [0.5, 0.6) is 0 Å². The molecule has 0 spiro atoms. The summed E-state index contributed by atoms with van der Waals surface area (Å²) in [6.07, 6.45) is 1.61. The molecular weight excluding hydrogens is 324 g/mol. The molecule has 106 valence electrons. The molecule has 1 heterocycles. The Labute approximate surface area is 131 Å². The number of aryl methyl sites for hydroxylation is 1. The molecule has 0 amide bonds. The summed E-state index contributed by atoms with van der Waals surface area (Å²) in [5.74, 6) is 0.582. The van der Waals surface area contributed by atoms with Crippen molar-refractivity contribution in [1.82, 2.24) is 9.97 Å². The molecule has 0 atom stereocenters. The summed E-state index contributed by atoms with van der Waals surface area (Å²) in [6.45, 7) is 2.02. The van der Waals surface area contributed by atoms with Crippen molar-refractivity contribution in [3.8, 4) is 0 Å². The summed E-state index contributed by atoms with van der Waals surface area (Å²) in [7, 11) is 0. The first-order chi connectivity index (χ1) is 9.49. The van der Waals surface area contributed by atoms with Crippen LogP contribution < -0.4 is 5.32 Å². The number of nitrogens with zero attached hydrogens (tertiary/aromatic N) is 2. The van der Waals surface area contributed by atoms with Crippen LogP contribution in [-0.4, -0.2) is 9.97 Å². The van der Waals surface area contributed by atoms with Gasteiger partial charge < -0.3 is 5.32 Å². The molecule has 0 bridgehead atoms. The number of rotatable bonds is 4. The Hall–Kier alpha value is -1.10. The van der Waals surface area contributed by atoms with Gasteiger partial charge in [0.15, 0.2) is 0 Å². The Bertz CT molecular complexity index is 611. The lowest BCUT2D eigenvalue weighted by Gasteiger charge is -2.11. The molecule has 2 aromatic rings. The third-order valence-electron chi connectivity index (χ3n) is 2.47. The summed E-state index contributed by atoms with van der Waals surface area (Å²) in [5.41, 5.74) is 0.381. The van der Waals surface area contributed by atoms with Gasteiger partial charge in [0.05, 0.1) is 15.7 Å². The number of halogens is 4. The van der Waals surface area contributed by atoms with Gasteiger partial charge in [0.1, 0.15) is 22.6 Å². The van der Waals surface area contributed by atoms with E-state index in [1.54, 1.807) is 6.07 Å². The van der Waals surface area contributed by atoms with E-state index in [2.05, 4.69) is 15.3 Å². The monoisotopic (exact) mass is 333 g/mol. The summed E-state index contributed by atoms with van der Waals surface area (Å²) in [4.78, 5) is 8.42. The minimum Gasteiger partial charge on any atom is -0.338 e. The highest BCUT2D eigenvalue weighted by molar-refractivity contribution is 6.39. The smallest absolute Gasteiger partial charge is 0.135 e. The average molecular weight is 335 g/mol. The van der Waals surface area contributed by atoms with E-state index < -0.39 is 5.82 Å². The van der Waals surface area contributed by atoms with Crippen molar-refractivity contribution in [2.75, 3.05) is 5.32 Å². The minimum absolute atomic E-state index is 0.168. The molecule has 0 unspecified atom stereocenters. The van der Waals surface area contributed by atoms with Crippen molar-refractivity contribution < 1.29 is 4.39 Å². The van der Waals surface area contributed by atoms with Crippen LogP contribution in [0.3, 0.4) is 0 Å². The predicted molar refractivity (Wildman–Crippen MR) is 80.7 cm³/mol. The Balaban J connectivity index is 2.35. The number of aromatic nitrogens is 2. The molecule has 1 aromatic heterocycles. The molecule has 0 aliphatic rings. The molecule has 1 aromatic carbocycles. The molecule has 0 fully saturated rings. The van der Waals surface area contributed by atoms with Gasteiger partial charge in [0.25, 0.3) is 0 Å². The number of hydrogen-bond donors (Lipinski definition) is 1. The predicted octanol–water partition coefficient (Wildman–Crippen LogP) is 5.27. The summed E-state index contributed by atoms with van der Waals surface area (Å²) < 4.78 is 13.1. The van der Waals surface area contributed by atoms with E-state index in [-0.39, 0.29) is 10.0 Å². The fraction of sp³-hybridized carbons (Fsp3) is 0.231. The lowest BCUT2D eigenvalue weighted by molar-refractivity contribution is 0.628. The van der Waals surface area contributed by atoms with Crippen LogP contribution in [0.4, 0.5) is 15.9 Å². The van der Waals surface area contributed by atoms with Gasteiger partial charge in [-0.1, -0.05) is 41.7 Å². The van der Waals surface area contributed by atoms with Crippen LogP contribution >= 0.6 is 34.8 Å². The lowest BCUT2D eigenvalue weighted by atomic mass is 10.3. The van der Waals surface area contributed by atoms with Gasteiger partial charge in [-0.05, 0) is 18.6 Å². The zero-order valence-electron chi connectivity index (χ0n) is 10.6. The molecule has 7 heteroatoms. The van der Waals surface area contributed by atoms with Crippen molar-refractivity contribution in [2.24, 2.45) is 0 Å². The first kappa shape index (κ1) is 15.3. The fourth-order valence-corrected chi connectivity index (χ4v) is 2.41. The topological polar surface area (TPSA) is 37.8 Å². The van der Waals surface area contributed by atoms with E-state index in [4.69, 9.17) is 34.8 Å². The lowest BCUT2D eigenvalue weighted by Crippen LogP contribution is -2.01. The van der Waals surface area contributed by atoms with Crippen molar-refractivity contribution in [3.63, 3.8) is 0 Å². The highest BCUT2D eigenvalue weighted by Gasteiger charge is 2.11. The molecule has 0 saturated heterocycles.